The van der Waals surface area contributed by atoms with Gasteiger partial charge in [-0.05, 0) is 31.6 Å². The molecule has 1 saturated heterocycles. The molecule has 114 valence electrons. The Bertz CT molecular complexity index is 523. The van der Waals surface area contributed by atoms with Gasteiger partial charge in [0.25, 0.3) is 0 Å². The monoisotopic (exact) mass is 291 g/mol. The van der Waals surface area contributed by atoms with E-state index in [4.69, 9.17) is 4.74 Å². The van der Waals surface area contributed by atoms with Crippen LogP contribution in [-0.4, -0.2) is 40.2 Å². The number of rotatable bonds is 3. The van der Waals surface area contributed by atoms with Crippen molar-refractivity contribution in [1.82, 2.24) is 9.97 Å². The molecule has 2 fully saturated rings. The summed E-state index contributed by atoms with van der Waals surface area (Å²) in [4.78, 5) is 22.2. The number of fused-ring (bicyclic) bond motifs is 1. The van der Waals surface area contributed by atoms with Crippen LogP contribution in [0.1, 0.15) is 38.5 Å². The van der Waals surface area contributed by atoms with E-state index in [0.717, 1.165) is 19.3 Å². The van der Waals surface area contributed by atoms with Crippen LogP contribution in [0.15, 0.2) is 12.3 Å². The second-order valence-corrected chi connectivity index (χ2v) is 5.85. The largest absolute Gasteiger partial charge is 0.481 e. The van der Waals surface area contributed by atoms with Crippen molar-refractivity contribution < 1.29 is 14.6 Å². The molecule has 2 heterocycles. The maximum absolute atomic E-state index is 11.6. The van der Waals surface area contributed by atoms with E-state index in [2.05, 4.69) is 9.97 Å². The van der Waals surface area contributed by atoms with Gasteiger partial charge in [-0.2, -0.15) is 4.98 Å². The zero-order valence-electron chi connectivity index (χ0n) is 12.2. The smallest absolute Gasteiger partial charge is 0.326 e. The fourth-order valence-electron chi connectivity index (χ4n) is 3.73. The van der Waals surface area contributed by atoms with E-state index in [9.17, 15) is 9.90 Å². The van der Waals surface area contributed by atoms with E-state index in [-0.39, 0.29) is 6.04 Å². The number of methoxy groups -OCH3 is 1. The number of anilines is 1. The van der Waals surface area contributed by atoms with Gasteiger partial charge in [-0.3, -0.25) is 0 Å². The van der Waals surface area contributed by atoms with Crippen molar-refractivity contribution in [2.24, 2.45) is 5.92 Å². The van der Waals surface area contributed by atoms with Gasteiger partial charge in [-0.15, -0.1) is 0 Å². The van der Waals surface area contributed by atoms with E-state index >= 15 is 0 Å². The molecule has 3 unspecified atom stereocenters. The lowest BCUT2D eigenvalue weighted by Crippen LogP contribution is -2.56. The summed E-state index contributed by atoms with van der Waals surface area (Å²) in [6.45, 7) is 0. The fraction of sp³-hybridized carbons (Fsp3) is 0.667. The maximum Gasteiger partial charge on any atom is 0.326 e. The number of nitrogens with zero attached hydrogens (tertiary/aromatic N) is 3. The van der Waals surface area contributed by atoms with Crippen molar-refractivity contribution in [2.75, 3.05) is 12.0 Å². The predicted molar refractivity (Wildman–Crippen MR) is 77.5 cm³/mol. The van der Waals surface area contributed by atoms with Gasteiger partial charge in [0.2, 0.25) is 11.8 Å². The van der Waals surface area contributed by atoms with Crippen LogP contribution in [0.4, 0.5) is 5.95 Å². The number of aromatic nitrogens is 2. The Kier molecular flexibility index (Phi) is 3.94. The lowest BCUT2D eigenvalue weighted by atomic mass is 9.76. The van der Waals surface area contributed by atoms with Gasteiger partial charge < -0.3 is 14.7 Å². The minimum atomic E-state index is -0.787. The molecule has 1 aromatic rings. The number of hydrogen-bond acceptors (Lipinski definition) is 5. The molecule has 1 N–H and O–H groups in total. The first-order valence-corrected chi connectivity index (χ1v) is 7.59. The number of hydrogen-bond donors (Lipinski definition) is 1. The molecule has 1 aliphatic heterocycles. The highest BCUT2D eigenvalue weighted by atomic mass is 16.5. The zero-order chi connectivity index (χ0) is 14.8. The Hall–Kier alpha value is -1.85. The fourth-order valence-corrected chi connectivity index (χ4v) is 3.73. The Labute approximate surface area is 124 Å². The van der Waals surface area contributed by atoms with Crippen LogP contribution < -0.4 is 9.64 Å². The van der Waals surface area contributed by atoms with E-state index in [1.54, 1.807) is 19.4 Å². The molecule has 0 spiro atoms. The molecule has 0 aromatic carbocycles. The molecule has 3 atom stereocenters. The Balaban J connectivity index is 1.96. The van der Waals surface area contributed by atoms with Crippen LogP contribution in [-0.2, 0) is 4.79 Å². The van der Waals surface area contributed by atoms with Crippen LogP contribution in [0.3, 0.4) is 0 Å². The molecule has 6 heteroatoms. The van der Waals surface area contributed by atoms with Crippen molar-refractivity contribution in [2.45, 2.75) is 50.6 Å². The molecule has 0 bridgehead atoms. The molecular formula is C15H21N3O3. The highest BCUT2D eigenvalue weighted by Gasteiger charge is 2.42. The molecule has 1 aromatic heterocycles. The van der Waals surface area contributed by atoms with Crippen molar-refractivity contribution in [3.63, 3.8) is 0 Å². The average Bonchev–Trinajstić information content (AvgIpc) is 2.53. The van der Waals surface area contributed by atoms with Gasteiger partial charge in [0.15, 0.2) is 0 Å². The highest BCUT2D eigenvalue weighted by molar-refractivity contribution is 5.78. The van der Waals surface area contributed by atoms with Crippen LogP contribution in [0.25, 0.3) is 0 Å². The number of ether oxygens (including phenoxy) is 1. The van der Waals surface area contributed by atoms with Gasteiger partial charge in [-0.25, -0.2) is 9.78 Å². The summed E-state index contributed by atoms with van der Waals surface area (Å²) >= 11 is 0. The van der Waals surface area contributed by atoms with Gasteiger partial charge >= 0.3 is 5.97 Å². The molecule has 0 amide bonds. The molecular weight excluding hydrogens is 270 g/mol. The Morgan fingerprint density at radius 3 is 2.90 bits per heavy atom. The lowest BCUT2D eigenvalue weighted by Gasteiger charge is -2.47. The number of carboxylic acids is 1. The minimum Gasteiger partial charge on any atom is -0.481 e. The molecule has 21 heavy (non-hydrogen) atoms. The zero-order valence-corrected chi connectivity index (χ0v) is 12.2. The summed E-state index contributed by atoms with van der Waals surface area (Å²) in [5.74, 6) is 0.731. The molecule has 0 radical (unpaired) electrons. The highest BCUT2D eigenvalue weighted by Crippen LogP contribution is 2.39. The summed E-state index contributed by atoms with van der Waals surface area (Å²) in [6, 6.07) is 1.39. The van der Waals surface area contributed by atoms with E-state index in [1.807, 2.05) is 4.90 Å². The second-order valence-electron chi connectivity index (χ2n) is 5.85. The molecule has 1 saturated carbocycles. The third-order valence-corrected chi connectivity index (χ3v) is 4.72. The molecule has 6 nitrogen and oxygen atoms in total. The number of carboxylic acid groups (broad SMARTS) is 1. The van der Waals surface area contributed by atoms with E-state index in [0.29, 0.717) is 24.2 Å². The van der Waals surface area contributed by atoms with Crippen molar-refractivity contribution >= 4 is 11.9 Å². The topological polar surface area (TPSA) is 75.5 Å². The van der Waals surface area contributed by atoms with Gasteiger partial charge in [0, 0.05) is 18.3 Å². The second kappa shape index (κ2) is 5.87. The van der Waals surface area contributed by atoms with Crippen molar-refractivity contribution in [3.8, 4) is 5.88 Å². The minimum absolute atomic E-state index is 0.237. The first kappa shape index (κ1) is 14.1. The maximum atomic E-state index is 11.6. The van der Waals surface area contributed by atoms with Crippen LogP contribution in [0.5, 0.6) is 5.88 Å². The van der Waals surface area contributed by atoms with E-state index < -0.39 is 12.0 Å². The van der Waals surface area contributed by atoms with Crippen LogP contribution in [0, 0.1) is 5.92 Å². The molecule has 3 rings (SSSR count). The SMILES string of the molecule is COc1ccnc(N2C(C(=O)O)CCC3CCCCC32)n1. The third kappa shape index (κ3) is 2.66. The Morgan fingerprint density at radius 2 is 2.14 bits per heavy atom. The lowest BCUT2D eigenvalue weighted by molar-refractivity contribution is -0.139. The summed E-state index contributed by atoms with van der Waals surface area (Å²) in [5.41, 5.74) is 0. The van der Waals surface area contributed by atoms with E-state index in [1.165, 1.54) is 12.8 Å². The third-order valence-electron chi connectivity index (χ3n) is 4.72. The number of carbonyl (C=O) groups is 1. The first-order chi connectivity index (χ1) is 10.2. The average molecular weight is 291 g/mol. The summed E-state index contributed by atoms with van der Waals surface area (Å²) in [7, 11) is 1.56. The first-order valence-electron chi connectivity index (χ1n) is 7.59. The normalized spacial score (nSPS) is 28.8. The Morgan fingerprint density at radius 1 is 1.33 bits per heavy atom. The molecule has 1 aliphatic carbocycles. The van der Waals surface area contributed by atoms with Gasteiger partial charge in [0.1, 0.15) is 6.04 Å². The predicted octanol–water partition coefficient (Wildman–Crippen LogP) is 2.10. The summed E-state index contributed by atoms with van der Waals surface area (Å²) in [6.07, 6.45) is 7.87. The van der Waals surface area contributed by atoms with Crippen molar-refractivity contribution in [1.29, 1.82) is 0 Å². The van der Waals surface area contributed by atoms with Crippen molar-refractivity contribution in [3.05, 3.63) is 12.3 Å². The van der Waals surface area contributed by atoms with Gasteiger partial charge in [0.05, 0.1) is 7.11 Å². The molecule has 2 aliphatic rings. The van der Waals surface area contributed by atoms with Gasteiger partial charge in [-0.1, -0.05) is 12.8 Å². The summed E-state index contributed by atoms with van der Waals surface area (Å²) in [5, 5.41) is 9.56. The van der Waals surface area contributed by atoms with Crippen LogP contribution >= 0.6 is 0 Å². The summed E-state index contributed by atoms with van der Waals surface area (Å²) < 4.78 is 5.15. The number of piperidine rings is 1. The quantitative estimate of drug-likeness (QED) is 0.919. The standard InChI is InChI=1S/C15H21N3O3/c1-21-13-8-9-16-15(17-13)18-11-5-3-2-4-10(11)6-7-12(18)14(19)20/h8-12H,2-7H2,1H3,(H,19,20). The van der Waals surface area contributed by atoms with Crippen LogP contribution in [0.2, 0.25) is 0 Å². The number of aliphatic carboxylic acids is 1.